The van der Waals surface area contributed by atoms with Crippen molar-refractivity contribution < 1.29 is 22.3 Å². The molecule has 3 aromatic rings. The van der Waals surface area contributed by atoms with Crippen molar-refractivity contribution in [3.63, 3.8) is 0 Å². The van der Waals surface area contributed by atoms with E-state index in [1.165, 1.54) is 27.5 Å². The van der Waals surface area contributed by atoms with Crippen molar-refractivity contribution in [2.24, 2.45) is 10.2 Å². The number of para-hydroxylation sites is 1. The molecule has 13 heteroatoms. The van der Waals surface area contributed by atoms with Gasteiger partial charge in [0.15, 0.2) is 17.3 Å². The van der Waals surface area contributed by atoms with Crippen molar-refractivity contribution in [3.05, 3.63) is 71.8 Å². The number of hydrogen-bond donors (Lipinski definition) is 1. The number of quaternary nitrogens is 1. The summed E-state index contributed by atoms with van der Waals surface area (Å²) in [5.41, 5.74) is 1.69. The molecule has 0 saturated heterocycles. The van der Waals surface area contributed by atoms with E-state index < -0.39 is 25.7 Å². The summed E-state index contributed by atoms with van der Waals surface area (Å²) in [6.07, 6.45) is 6.48. The van der Waals surface area contributed by atoms with Gasteiger partial charge in [0.1, 0.15) is 5.82 Å². The fraction of sp³-hybridized carbons (Fsp3) is 0.261. The molecule has 0 radical (unpaired) electrons. The van der Waals surface area contributed by atoms with Gasteiger partial charge in [-0.3, -0.25) is 4.98 Å². The van der Waals surface area contributed by atoms with E-state index in [1.807, 2.05) is 6.92 Å². The van der Waals surface area contributed by atoms with Crippen molar-refractivity contribution in [1.82, 2.24) is 24.4 Å². The van der Waals surface area contributed by atoms with Gasteiger partial charge >= 0.3 is 0 Å². The molecule has 188 valence electrons. The number of hydrogen-bond acceptors (Lipinski definition) is 9. The number of nitrogens with one attached hydrogen (secondary N) is 1. The maximum Gasteiger partial charge on any atom is 0.287 e. The van der Waals surface area contributed by atoms with Gasteiger partial charge in [-0.1, -0.05) is 20.9 Å². The molecule has 11 nitrogen and oxygen atoms in total. The molecular formula is C23H25FN7O4S+. The second kappa shape index (κ2) is 10.0. The largest absolute Gasteiger partial charge is 0.491 e. The summed E-state index contributed by atoms with van der Waals surface area (Å²) >= 11 is 0. The first kappa shape index (κ1) is 25.3. The van der Waals surface area contributed by atoms with Crippen LogP contribution in [-0.4, -0.2) is 55.0 Å². The highest BCUT2D eigenvalue weighted by Gasteiger charge is 2.50. The van der Waals surface area contributed by atoms with Crippen molar-refractivity contribution >= 4 is 27.9 Å². The van der Waals surface area contributed by atoms with Crippen LogP contribution in [0.25, 0.3) is 0 Å². The summed E-state index contributed by atoms with van der Waals surface area (Å²) in [6.45, 7) is 3.36. The molecule has 0 amide bonds. The summed E-state index contributed by atoms with van der Waals surface area (Å²) in [7, 11) is -1.18. The predicted molar refractivity (Wildman–Crippen MR) is 133 cm³/mol. The Morgan fingerprint density at radius 3 is 2.36 bits per heavy atom. The van der Waals surface area contributed by atoms with Crippen LogP contribution < -0.4 is 18.9 Å². The van der Waals surface area contributed by atoms with Crippen LogP contribution in [0.5, 0.6) is 11.5 Å². The van der Waals surface area contributed by atoms with Gasteiger partial charge in [0.05, 0.1) is 37.4 Å². The first-order valence-corrected chi connectivity index (χ1v) is 12.4. The third-order valence-corrected chi connectivity index (χ3v) is 7.46. The lowest BCUT2D eigenvalue weighted by molar-refractivity contribution is 0.376. The van der Waals surface area contributed by atoms with Crippen molar-refractivity contribution in [2.75, 3.05) is 14.2 Å². The zero-order valence-corrected chi connectivity index (χ0v) is 20.9. The van der Waals surface area contributed by atoms with Gasteiger partial charge < -0.3 is 9.47 Å². The number of sulfonamides is 1. The molecule has 0 aliphatic carbocycles. The molecule has 1 unspecified atom stereocenters. The van der Waals surface area contributed by atoms with Crippen LogP contribution in [-0.2, 0) is 16.4 Å². The molecule has 1 aliphatic rings. The second-order valence-corrected chi connectivity index (χ2v) is 10.1. The number of ether oxygens (including phenoxy) is 2. The van der Waals surface area contributed by atoms with Crippen molar-refractivity contribution in [2.45, 2.75) is 25.5 Å². The van der Waals surface area contributed by atoms with Crippen LogP contribution >= 0.6 is 0 Å². The molecule has 3 heterocycles. The Balaban J connectivity index is 1.86. The molecule has 0 fully saturated rings. The van der Waals surface area contributed by atoms with Gasteiger partial charge in [-0.05, 0) is 42.4 Å². The normalized spacial score (nSPS) is 18.1. The van der Waals surface area contributed by atoms with Gasteiger partial charge in [-0.25, -0.2) is 22.8 Å². The highest BCUT2D eigenvalue weighted by Crippen LogP contribution is 2.43. The average Bonchev–Trinajstić information content (AvgIpc) is 3.28. The first-order valence-electron chi connectivity index (χ1n) is 10.8. The standard InChI is InChI=1S/C23H25FN7O4S/c1-15-8-9-25-13-18(15)23-29-28-14-31(23,22-19(34-3)6-5-7-20(22)35-4)30-36(32,33)16(2)10-21-26-11-17(24)12-27-21/h5-9,11-14,16,30H,10H2,1-4H3/q+1/t16-,31?/m1/s1. The number of nitrogens with zero attached hydrogens (tertiary/aromatic N) is 6. The van der Waals surface area contributed by atoms with Gasteiger partial charge in [-0.15, -0.1) is 0 Å². The Morgan fingerprint density at radius 1 is 1.08 bits per heavy atom. The molecule has 2 atom stereocenters. The summed E-state index contributed by atoms with van der Waals surface area (Å²) in [5.74, 6) is 0.504. The number of amidine groups is 1. The van der Waals surface area contributed by atoms with E-state index in [0.717, 1.165) is 18.0 Å². The Hall–Kier alpha value is -3.81. The lowest BCUT2D eigenvalue weighted by atomic mass is 10.1. The molecule has 0 saturated carbocycles. The fourth-order valence-electron chi connectivity index (χ4n) is 3.78. The molecule has 0 bridgehead atoms. The lowest BCUT2D eigenvalue weighted by Crippen LogP contribution is -2.65. The molecule has 4 rings (SSSR count). The Labute approximate surface area is 208 Å². The van der Waals surface area contributed by atoms with Crippen LogP contribution in [0.15, 0.2) is 59.3 Å². The summed E-state index contributed by atoms with van der Waals surface area (Å²) in [5, 5.41) is 7.39. The second-order valence-electron chi connectivity index (χ2n) is 8.05. The van der Waals surface area contributed by atoms with E-state index in [-0.39, 0.29) is 18.1 Å². The highest BCUT2D eigenvalue weighted by molar-refractivity contribution is 7.90. The van der Waals surface area contributed by atoms with Crippen LogP contribution in [0.4, 0.5) is 10.1 Å². The zero-order chi connectivity index (χ0) is 25.9. The fourth-order valence-corrected chi connectivity index (χ4v) is 4.96. The van der Waals surface area contributed by atoms with Crippen molar-refractivity contribution in [3.8, 4) is 11.5 Å². The van der Waals surface area contributed by atoms with E-state index in [1.54, 1.807) is 36.7 Å². The van der Waals surface area contributed by atoms with Gasteiger partial charge in [-0.2, -0.15) is 0 Å². The Morgan fingerprint density at radius 2 is 1.75 bits per heavy atom. The van der Waals surface area contributed by atoms with Crippen LogP contribution in [0.2, 0.25) is 0 Å². The van der Waals surface area contributed by atoms with Crippen LogP contribution in [0, 0.1) is 12.7 Å². The van der Waals surface area contributed by atoms with E-state index in [9.17, 15) is 12.8 Å². The highest BCUT2D eigenvalue weighted by atomic mass is 32.2. The van der Waals surface area contributed by atoms with E-state index in [4.69, 9.17) is 9.47 Å². The molecule has 36 heavy (non-hydrogen) atoms. The first-order chi connectivity index (χ1) is 17.2. The SMILES string of the molecule is COc1cccc(OC)c1[N+]1(NS(=O)(=O)[C@H](C)Cc2ncc(F)cn2)C=NN=C1c1cnccc1C. The minimum atomic E-state index is -4.12. The minimum absolute atomic E-state index is 0.0613. The number of rotatable bonds is 9. The number of pyridine rings is 1. The smallest absolute Gasteiger partial charge is 0.287 e. The quantitative estimate of drug-likeness (QED) is 0.435. The average molecular weight is 515 g/mol. The monoisotopic (exact) mass is 514 g/mol. The Bertz CT molecular complexity index is 1410. The number of benzene rings is 1. The third-order valence-electron chi connectivity index (χ3n) is 5.69. The number of halogens is 1. The van der Waals surface area contributed by atoms with E-state index >= 15 is 0 Å². The predicted octanol–water partition coefficient (Wildman–Crippen LogP) is 2.51. The van der Waals surface area contributed by atoms with Crippen LogP contribution in [0.3, 0.4) is 0 Å². The van der Waals surface area contributed by atoms with Crippen molar-refractivity contribution in [1.29, 1.82) is 0 Å². The third kappa shape index (κ3) is 4.67. The van der Waals surface area contributed by atoms with Gasteiger partial charge in [0.2, 0.25) is 12.0 Å². The molecule has 0 spiro atoms. The van der Waals surface area contributed by atoms with Crippen LogP contribution in [0.1, 0.15) is 23.9 Å². The molecule has 1 aromatic carbocycles. The number of aryl methyl sites for hydroxylation is 1. The number of methoxy groups -OCH3 is 2. The van der Waals surface area contributed by atoms with E-state index in [0.29, 0.717) is 22.7 Å². The van der Waals surface area contributed by atoms with E-state index in [2.05, 4.69) is 30.0 Å². The number of aromatic nitrogens is 3. The maximum absolute atomic E-state index is 13.7. The molecule has 2 aromatic heterocycles. The summed E-state index contributed by atoms with van der Waals surface area (Å²) in [6, 6.07) is 6.87. The molecule has 1 N–H and O–H groups in total. The zero-order valence-electron chi connectivity index (χ0n) is 20.1. The summed E-state index contributed by atoms with van der Waals surface area (Å²) < 4.78 is 51.2. The van der Waals surface area contributed by atoms with Gasteiger partial charge in [0, 0.05) is 18.8 Å². The molecule has 1 aliphatic heterocycles. The lowest BCUT2D eigenvalue weighted by Gasteiger charge is -2.32. The Kier molecular flexibility index (Phi) is 7.06. The molecular weight excluding hydrogens is 489 g/mol. The topological polar surface area (TPSA) is 128 Å². The van der Waals surface area contributed by atoms with Gasteiger partial charge in [0.25, 0.3) is 15.9 Å². The minimum Gasteiger partial charge on any atom is -0.491 e. The maximum atomic E-state index is 13.7. The summed E-state index contributed by atoms with van der Waals surface area (Å²) in [4.78, 5) is 14.7.